The second-order valence-electron chi connectivity index (χ2n) is 7.09. The van der Waals surface area contributed by atoms with Gasteiger partial charge in [-0.25, -0.2) is 9.78 Å². The van der Waals surface area contributed by atoms with Gasteiger partial charge in [-0.05, 0) is 51.0 Å². The first kappa shape index (κ1) is 22.5. The molecular formula is C21H20ClN5O3S2. The van der Waals surface area contributed by atoms with E-state index in [1.54, 1.807) is 20.2 Å². The summed E-state index contributed by atoms with van der Waals surface area (Å²) in [6, 6.07) is 5.73. The van der Waals surface area contributed by atoms with E-state index >= 15 is 0 Å². The molecule has 4 rings (SSSR count). The Morgan fingerprint density at radius 2 is 2.16 bits per heavy atom. The van der Waals surface area contributed by atoms with E-state index in [1.165, 1.54) is 23.1 Å². The number of halogens is 1. The number of nitrogens with zero attached hydrogens (tertiary/aromatic N) is 4. The third-order valence-corrected chi connectivity index (χ3v) is 7.54. The Hall–Kier alpha value is -2.69. The number of benzene rings is 1. The summed E-state index contributed by atoms with van der Waals surface area (Å²) in [6.07, 6.45) is 1.61. The van der Waals surface area contributed by atoms with Gasteiger partial charge in [-0.15, -0.1) is 21.5 Å². The minimum atomic E-state index is -0.443. The van der Waals surface area contributed by atoms with E-state index in [0.717, 1.165) is 11.3 Å². The summed E-state index contributed by atoms with van der Waals surface area (Å²) >= 11 is 8.84. The first-order chi connectivity index (χ1) is 15.3. The van der Waals surface area contributed by atoms with Crippen molar-refractivity contribution < 1.29 is 9.53 Å². The zero-order chi connectivity index (χ0) is 23.0. The van der Waals surface area contributed by atoms with Crippen LogP contribution in [0.2, 0.25) is 5.02 Å². The van der Waals surface area contributed by atoms with E-state index in [9.17, 15) is 9.59 Å². The third kappa shape index (κ3) is 4.17. The molecule has 1 N–H and O–H groups in total. The van der Waals surface area contributed by atoms with Crippen LogP contribution in [0, 0.1) is 13.8 Å². The molecule has 1 aromatic carbocycles. The van der Waals surface area contributed by atoms with Crippen LogP contribution in [0.5, 0.6) is 0 Å². The fourth-order valence-corrected chi connectivity index (χ4v) is 5.33. The van der Waals surface area contributed by atoms with Gasteiger partial charge in [0.2, 0.25) is 0 Å². The van der Waals surface area contributed by atoms with Crippen LogP contribution >= 0.6 is 34.7 Å². The number of aryl methyl sites for hydroxylation is 2. The van der Waals surface area contributed by atoms with Gasteiger partial charge < -0.3 is 9.72 Å². The number of aromatic nitrogens is 5. The average Bonchev–Trinajstić information content (AvgIpc) is 3.34. The molecule has 0 aliphatic heterocycles. The largest absolute Gasteiger partial charge is 0.462 e. The number of thiophene rings is 1. The van der Waals surface area contributed by atoms with Crippen LogP contribution in [-0.2, 0) is 4.74 Å². The summed E-state index contributed by atoms with van der Waals surface area (Å²) in [5.74, 6) is 0.0434. The normalized spacial score (nSPS) is 12.3. The van der Waals surface area contributed by atoms with Gasteiger partial charge in [0.15, 0.2) is 5.16 Å². The topological polar surface area (TPSA) is 103 Å². The van der Waals surface area contributed by atoms with E-state index < -0.39 is 5.97 Å². The molecule has 0 fully saturated rings. The molecular weight excluding hydrogens is 470 g/mol. The molecule has 0 saturated carbocycles. The highest BCUT2D eigenvalue weighted by atomic mass is 35.5. The maximum absolute atomic E-state index is 12.8. The van der Waals surface area contributed by atoms with Crippen LogP contribution in [0.3, 0.4) is 0 Å². The van der Waals surface area contributed by atoms with Crippen molar-refractivity contribution in [1.82, 2.24) is 24.7 Å². The molecule has 0 aliphatic carbocycles. The number of aromatic amines is 1. The number of fused-ring (bicyclic) bond motifs is 1. The lowest BCUT2D eigenvalue weighted by atomic mass is 10.2. The molecule has 8 nitrogen and oxygen atoms in total. The lowest BCUT2D eigenvalue weighted by Crippen LogP contribution is -2.13. The van der Waals surface area contributed by atoms with Gasteiger partial charge >= 0.3 is 5.97 Å². The Morgan fingerprint density at radius 3 is 2.88 bits per heavy atom. The molecule has 1 unspecified atom stereocenters. The molecule has 1 atom stereocenters. The Bertz CT molecular complexity index is 1380. The number of hydrogen-bond donors (Lipinski definition) is 1. The zero-order valence-corrected chi connectivity index (χ0v) is 20.2. The predicted molar refractivity (Wildman–Crippen MR) is 126 cm³/mol. The minimum absolute atomic E-state index is 0.232. The average molecular weight is 490 g/mol. The van der Waals surface area contributed by atoms with Gasteiger partial charge in [-0.1, -0.05) is 29.4 Å². The molecule has 32 heavy (non-hydrogen) atoms. The van der Waals surface area contributed by atoms with Gasteiger partial charge in [0.1, 0.15) is 21.9 Å². The number of H-pyrrole nitrogens is 1. The van der Waals surface area contributed by atoms with E-state index in [-0.39, 0.29) is 17.4 Å². The van der Waals surface area contributed by atoms with Crippen molar-refractivity contribution in [2.75, 3.05) is 6.61 Å². The Labute approximate surface area is 197 Å². The molecule has 0 radical (unpaired) electrons. The first-order valence-corrected chi connectivity index (χ1v) is 11.9. The number of esters is 1. The number of rotatable bonds is 6. The Balaban J connectivity index is 1.66. The standard InChI is InChI=1S/C21H20ClN5O3S2/c1-5-30-20(29)16-11(3)15-18(28)24-17(25-19(15)32-16)12(4)31-21-26-23-9-27(21)13-7-6-10(2)14(22)8-13/h6-9,12H,5H2,1-4H3,(H,24,25,28). The van der Waals surface area contributed by atoms with Crippen LogP contribution in [0.4, 0.5) is 0 Å². The zero-order valence-electron chi connectivity index (χ0n) is 17.8. The second kappa shape index (κ2) is 9.05. The van der Waals surface area contributed by atoms with E-state index in [4.69, 9.17) is 16.3 Å². The molecule has 3 aromatic heterocycles. The van der Waals surface area contributed by atoms with Crippen LogP contribution in [-0.4, -0.2) is 37.3 Å². The summed E-state index contributed by atoms with van der Waals surface area (Å²) in [5, 5.41) is 9.71. The molecule has 0 saturated heterocycles. The highest BCUT2D eigenvalue weighted by molar-refractivity contribution is 7.99. The maximum atomic E-state index is 12.8. The molecule has 0 aliphatic rings. The first-order valence-electron chi connectivity index (χ1n) is 9.83. The van der Waals surface area contributed by atoms with Crippen molar-refractivity contribution in [3.8, 4) is 5.69 Å². The van der Waals surface area contributed by atoms with Crippen LogP contribution in [0.25, 0.3) is 15.9 Å². The molecule has 11 heteroatoms. The predicted octanol–water partition coefficient (Wildman–Crippen LogP) is 4.87. The molecule has 0 spiro atoms. The SMILES string of the molecule is CCOC(=O)c1sc2nc(C(C)Sc3nncn3-c3ccc(C)c(Cl)c3)[nH]c(=O)c2c1C. The van der Waals surface area contributed by atoms with Crippen molar-refractivity contribution in [1.29, 1.82) is 0 Å². The van der Waals surface area contributed by atoms with E-state index in [2.05, 4.69) is 20.2 Å². The van der Waals surface area contributed by atoms with E-state index in [1.807, 2.05) is 36.6 Å². The number of nitrogens with one attached hydrogen (secondary N) is 1. The number of thioether (sulfide) groups is 1. The molecule has 0 bridgehead atoms. The smallest absolute Gasteiger partial charge is 0.348 e. The Morgan fingerprint density at radius 1 is 1.38 bits per heavy atom. The van der Waals surface area contributed by atoms with Crippen LogP contribution in [0.1, 0.15) is 45.7 Å². The van der Waals surface area contributed by atoms with Crippen molar-refractivity contribution in [2.24, 2.45) is 0 Å². The lowest BCUT2D eigenvalue weighted by molar-refractivity contribution is 0.0531. The molecule has 166 valence electrons. The van der Waals surface area contributed by atoms with Crippen LogP contribution in [0.15, 0.2) is 34.5 Å². The second-order valence-corrected chi connectivity index (χ2v) is 9.80. The van der Waals surface area contributed by atoms with Crippen molar-refractivity contribution >= 4 is 50.9 Å². The number of carbonyl (C=O) groups is 1. The monoisotopic (exact) mass is 489 g/mol. The fraction of sp³-hybridized carbons (Fsp3) is 0.286. The summed E-state index contributed by atoms with van der Waals surface area (Å²) in [4.78, 5) is 33.4. The molecule has 3 heterocycles. The van der Waals surface area contributed by atoms with Gasteiger partial charge in [0.25, 0.3) is 5.56 Å². The van der Waals surface area contributed by atoms with Crippen molar-refractivity contribution in [3.63, 3.8) is 0 Å². The summed E-state index contributed by atoms with van der Waals surface area (Å²) in [7, 11) is 0. The van der Waals surface area contributed by atoms with Gasteiger partial charge in [0.05, 0.1) is 22.9 Å². The maximum Gasteiger partial charge on any atom is 0.348 e. The van der Waals surface area contributed by atoms with Gasteiger partial charge in [-0.2, -0.15) is 0 Å². The lowest BCUT2D eigenvalue weighted by Gasteiger charge is -2.12. The van der Waals surface area contributed by atoms with Crippen molar-refractivity contribution in [2.45, 2.75) is 38.1 Å². The minimum Gasteiger partial charge on any atom is -0.462 e. The third-order valence-electron chi connectivity index (χ3n) is 4.90. The summed E-state index contributed by atoms with van der Waals surface area (Å²) < 4.78 is 6.93. The Kier molecular flexibility index (Phi) is 6.36. The highest BCUT2D eigenvalue weighted by Gasteiger charge is 2.22. The van der Waals surface area contributed by atoms with Gasteiger partial charge in [0, 0.05) is 5.02 Å². The quantitative estimate of drug-likeness (QED) is 0.304. The van der Waals surface area contributed by atoms with Crippen LogP contribution < -0.4 is 5.56 Å². The number of carbonyl (C=O) groups excluding carboxylic acids is 1. The van der Waals surface area contributed by atoms with Gasteiger partial charge in [-0.3, -0.25) is 9.36 Å². The number of hydrogen-bond acceptors (Lipinski definition) is 8. The molecule has 4 aromatic rings. The molecule has 0 amide bonds. The van der Waals surface area contributed by atoms with Crippen molar-refractivity contribution in [3.05, 3.63) is 61.7 Å². The summed E-state index contributed by atoms with van der Waals surface area (Å²) in [5.41, 5.74) is 2.12. The number of ether oxygens (including phenoxy) is 1. The highest BCUT2D eigenvalue weighted by Crippen LogP contribution is 2.35. The summed E-state index contributed by atoms with van der Waals surface area (Å²) in [6.45, 7) is 7.60. The van der Waals surface area contributed by atoms with E-state index in [0.29, 0.717) is 36.7 Å². The fourth-order valence-electron chi connectivity index (χ4n) is 3.17.